The topological polar surface area (TPSA) is 68.7 Å². The van der Waals surface area contributed by atoms with Crippen molar-refractivity contribution in [3.8, 4) is 6.07 Å². The highest BCUT2D eigenvalue weighted by Gasteiger charge is 2.27. The molecule has 5 nitrogen and oxygen atoms in total. The molecule has 1 N–H and O–H groups in total. The third-order valence-electron chi connectivity index (χ3n) is 4.16. The molecule has 1 saturated heterocycles. The zero-order chi connectivity index (χ0) is 14.8. The summed E-state index contributed by atoms with van der Waals surface area (Å²) in [6, 6.07) is 8.15. The molecule has 3 rings (SSSR count). The van der Waals surface area contributed by atoms with Gasteiger partial charge in [-0.3, -0.25) is 9.69 Å². The fraction of sp³-hybridized carbons (Fsp3) is 0.375. The first kappa shape index (κ1) is 13.7. The van der Waals surface area contributed by atoms with Gasteiger partial charge in [-0.05, 0) is 31.5 Å². The van der Waals surface area contributed by atoms with Gasteiger partial charge in [0.1, 0.15) is 6.07 Å². The Kier molecular flexibility index (Phi) is 3.63. The highest BCUT2D eigenvalue weighted by atomic mass is 16.4. The van der Waals surface area contributed by atoms with Gasteiger partial charge in [0, 0.05) is 30.5 Å². The number of carboxylic acid groups (broad SMARTS) is 1. The maximum absolute atomic E-state index is 10.9. The lowest BCUT2D eigenvalue weighted by molar-refractivity contribution is -0.138. The first-order valence-electron chi connectivity index (χ1n) is 7.13. The number of pyridine rings is 1. The monoisotopic (exact) mass is 283 g/mol. The Morgan fingerprint density at radius 1 is 1.48 bits per heavy atom. The van der Waals surface area contributed by atoms with E-state index >= 15 is 0 Å². The molecule has 0 bridgehead atoms. The molecule has 1 aliphatic rings. The summed E-state index contributed by atoms with van der Waals surface area (Å²) in [5.74, 6) is -0.755. The van der Waals surface area contributed by atoms with E-state index in [0.29, 0.717) is 12.1 Å². The van der Waals surface area contributed by atoms with E-state index in [1.807, 2.05) is 35.0 Å². The molecule has 1 aliphatic heterocycles. The van der Waals surface area contributed by atoms with Crippen molar-refractivity contribution in [1.29, 1.82) is 5.26 Å². The number of carboxylic acids is 1. The standard InChI is InChI=1S/C16H17N3O2/c17-9-14-12(11-19-6-2-1-5-15(14)19)10-18-7-3-4-13(18)8-16(20)21/h1-2,5-6,11,13H,3-4,7-8,10H2,(H,20,21). The quantitative estimate of drug-likeness (QED) is 0.934. The predicted octanol–water partition coefficient (Wildman–Crippen LogP) is 2.25. The summed E-state index contributed by atoms with van der Waals surface area (Å²) in [6.45, 7) is 1.54. The van der Waals surface area contributed by atoms with Crippen molar-refractivity contribution < 1.29 is 9.90 Å². The van der Waals surface area contributed by atoms with Crippen LogP contribution in [0.15, 0.2) is 30.6 Å². The predicted molar refractivity (Wildman–Crippen MR) is 77.8 cm³/mol. The van der Waals surface area contributed by atoms with Crippen LogP contribution < -0.4 is 0 Å². The van der Waals surface area contributed by atoms with Gasteiger partial charge < -0.3 is 9.51 Å². The van der Waals surface area contributed by atoms with Gasteiger partial charge >= 0.3 is 5.97 Å². The summed E-state index contributed by atoms with van der Waals surface area (Å²) >= 11 is 0. The Bertz CT molecular complexity index is 714. The normalized spacial score (nSPS) is 18.9. The Balaban J connectivity index is 1.88. The molecule has 2 aromatic rings. The van der Waals surface area contributed by atoms with Gasteiger partial charge in [-0.2, -0.15) is 5.26 Å². The number of nitrogens with zero attached hydrogens (tertiary/aromatic N) is 3. The van der Waals surface area contributed by atoms with Crippen molar-refractivity contribution in [1.82, 2.24) is 9.30 Å². The van der Waals surface area contributed by atoms with Crippen LogP contribution in [-0.2, 0) is 11.3 Å². The fourth-order valence-corrected chi connectivity index (χ4v) is 3.18. The first-order valence-corrected chi connectivity index (χ1v) is 7.13. The minimum atomic E-state index is -0.755. The number of rotatable bonds is 4. The number of carbonyl (C=O) groups is 1. The van der Waals surface area contributed by atoms with Crippen LogP contribution in [0.3, 0.4) is 0 Å². The number of fused-ring (bicyclic) bond motifs is 1. The maximum atomic E-state index is 10.9. The third-order valence-corrected chi connectivity index (χ3v) is 4.16. The van der Waals surface area contributed by atoms with Gasteiger partial charge in [-0.1, -0.05) is 6.07 Å². The number of hydrogen-bond acceptors (Lipinski definition) is 3. The average molecular weight is 283 g/mol. The molecule has 21 heavy (non-hydrogen) atoms. The van der Waals surface area contributed by atoms with E-state index in [-0.39, 0.29) is 12.5 Å². The Hall–Kier alpha value is -2.32. The van der Waals surface area contributed by atoms with E-state index in [1.165, 1.54) is 0 Å². The molecule has 0 spiro atoms. The molecule has 1 unspecified atom stereocenters. The van der Waals surface area contributed by atoms with E-state index in [1.54, 1.807) is 0 Å². The summed E-state index contributed by atoms with van der Waals surface area (Å²) in [4.78, 5) is 13.1. The average Bonchev–Trinajstić information content (AvgIpc) is 3.02. The number of hydrogen-bond donors (Lipinski definition) is 1. The van der Waals surface area contributed by atoms with Crippen LogP contribution in [-0.4, -0.2) is 33.0 Å². The van der Waals surface area contributed by atoms with E-state index < -0.39 is 5.97 Å². The Morgan fingerprint density at radius 2 is 2.33 bits per heavy atom. The Labute approximate surface area is 123 Å². The van der Waals surface area contributed by atoms with Crippen LogP contribution in [0.25, 0.3) is 5.52 Å². The fourth-order valence-electron chi connectivity index (χ4n) is 3.18. The lowest BCUT2D eigenvalue weighted by Crippen LogP contribution is -2.30. The molecule has 1 atom stereocenters. The van der Waals surface area contributed by atoms with Crippen LogP contribution in [0.5, 0.6) is 0 Å². The molecule has 3 heterocycles. The first-order chi connectivity index (χ1) is 10.2. The van der Waals surface area contributed by atoms with Crippen LogP contribution >= 0.6 is 0 Å². The molecule has 0 amide bonds. The summed E-state index contributed by atoms with van der Waals surface area (Å²) in [5.41, 5.74) is 2.57. The molecule has 0 radical (unpaired) electrons. The number of likely N-dealkylation sites (tertiary alicyclic amines) is 1. The summed E-state index contributed by atoms with van der Waals surface area (Å²) in [7, 11) is 0. The number of nitriles is 1. The van der Waals surface area contributed by atoms with E-state index in [2.05, 4.69) is 11.0 Å². The van der Waals surface area contributed by atoms with Gasteiger partial charge in [0.05, 0.1) is 17.5 Å². The molecule has 108 valence electrons. The molecule has 0 aromatic carbocycles. The second-order valence-electron chi connectivity index (χ2n) is 5.50. The summed E-state index contributed by atoms with van der Waals surface area (Å²) < 4.78 is 1.95. The molecule has 1 fully saturated rings. The van der Waals surface area contributed by atoms with Gasteiger partial charge in [0.25, 0.3) is 0 Å². The van der Waals surface area contributed by atoms with Gasteiger partial charge in [-0.15, -0.1) is 0 Å². The van der Waals surface area contributed by atoms with Gasteiger partial charge in [0.2, 0.25) is 0 Å². The van der Waals surface area contributed by atoms with Crippen LogP contribution in [0.1, 0.15) is 30.4 Å². The minimum Gasteiger partial charge on any atom is -0.481 e. The maximum Gasteiger partial charge on any atom is 0.304 e. The van der Waals surface area contributed by atoms with Crippen LogP contribution in [0, 0.1) is 11.3 Å². The second-order valence-corrected chi connectivity index (χ2v) is 5.50. The van der Waals surface area contributed by atoms with Gasteiger partial charge in [-0.25, -0.2) is 0 Å². The lowest BCUT2D eigenvalue weighted by Gasteiger charge is -2.22. The molecule has 5 heteroatoms. The van der Waals surface area contributed by atoms with Crippen molar-refractivity contribution in [2.24, 2.45) is 0 Å². The minimum absolute atomic E-state index is 0.0806. The SMILES string of the molecule is N#Cc1c(CN2CCCC2CC(=O)O)cn2ccccc12. The third kappa shape index (κ3) is 2.63. The summed E-state index contributed by atoms with van der Waals surface area (Å²) in [5, 5.41) is 18.4. The molecular formula is C16H17N3O2. The highest BCUT2D eigenvalue weighted by Crippen LogP contribution is 2.25. The van der Waals surface area contributed by atoms with Crippen molar-refractivity contribution in [3.05, 3.63) is 41.7 Å². The van der Waals surface area contributed by atoms with Gasteiger partial charge in [0.15, 0.2) is 0 Å². The van der Waals surface area contributed by atoms with Crippen LogP contribution in [0.2, 0.25) is 0 Å². The van der Waals surface area contributed by atoms with Crippen molar-refractivity contribution in [2.45, 2.75) is 31.8 Å². The molecule has 2 aromatic heterocycles. The highest BCUT2D eigenvalue weighted by molar-refractivity contribution is 5.67. The zero-order valence-electron chi connectivity index (χ0n) is 11.7. The van der Waals surface area contributed by atoms with Crippen molar-refractivity contribution in [2.75, 3.05) is 6.54 Å². The summed E-state index contributed by atoms with van der Waals surface area (Å²) in [6.07, 6.45) is 6.02. The second kappa shape index (κ2) is 5.58. The number of aliphatic carboxylic acids is 1. The zero-order valence-corrected chi connectivity index (χ0v) is 11.7. The van der Waals surface area contributed by atoms with E-state index in [9.17, 15) is 10.1 Å². The molecule has 0 saturated carbocycles. The largest absolute Gasteiger partial charge is 0.481 e. The van der Waals surface area contributed by atoms with Crippen molar-refractivity contribution in [3.63, 3.8) is 0 Å². The van der Waals surface area contributed by atoms with E-state index in [0.717, 1.165) is 30.5 Å². The van der Waals surface area contributed by atoms with Crippen LogP contribution in [0.4, 0.5) is 0 Å². The van der Waals surface area contributed by atoms with E-state index in [4.69, 9.17) is 5.11 Å². The lowest BCUT2D eigenvalue weighted by atomic mass is 10.1. The van der Waals surface area contributed by atoms with Crippen molar-refractivity contribution >= 4 is 11.5 Å². The number of aromatic nitrogens is 1. The molecular weight excluding hydrogens is 266 g/mol. The smallest absolute Gasteiger partial charge is 0.304 e. The molecule has 0 aliphatic carbocycles. The Morgan fingerprint density at radius 3 is 3.10 bits per heavy atom.